The van der Waals surface area contributed by atoms with E-state index < -0.39 is 11.1 Å². The quantitative estimate of drug-likeness (QED) is 0.736. The van der Waals surface area contributed by atoms with E-state index in [9.17, 15) is 8.76 Å². The standard InChI is InChI=1S/C9H9NO2S2/c1-6-10-8-3-2-7(5-14(11)12)4-9(8)13-6/h2-4H,5H2,1H3,(H,11,12)/p-1. The van der Waals surface area contributed by atoms with Crippen molar-refractivity contribution in [1.29, 1.82) is 0 Å². The van der Waals surface area contributed by atoms with Crippen LogP contribution in [0.1, 0.15) is 10.6 Å². The third kappa shape index (κ3) is 2.00. The van der Waals surface area contributed by atoms with Crippen molar-refractivity contribution < 1.29 is 8.76 Å². The van der Waals surface area contributed by atoms with E-state index in [1.54, 1.807) is 17.4 Å². The summed E-state index contributed by atoms with van der Waals surface area (Å²) in [6.07, 6.45) is 0. The van der Waals surface area contributed by atoms with Crippen LogP contribution in [0.4, 0.5) is 0 Å². The fourth-order valence-corrected chi connectivity index (χ4v) is 2.65. The minimum Gasteiger partial charge on any atom is -0.772 e. The highest BCUT2D eigenvalue weighted by atomic mass is 32.2. The molecule has 0 aliphatic rings. The second-order valence-electron chi connectivity index (χ2n) is 2.98. The molecule has 2 rings (SSSR count). The molecule has 0 N–H and O–H groups in total. The molecule has 0 saturated heterocycles. The summed E-state index contributed by atoms with van der Waals surface area (Å²) >= 11 is -0.437. The lowest BCUT2D eigenvalue weighted by atomic mass is 10.2. The van der Waals surface area contributed by atoms with Crippen molar-refractivity contribution in [3.05, 3.63) is 28.8 Å². The van der Waals surface area contributed by atoms with Crippen LogP contribution in [-0.2, 0) is 16.8 Å². The molecule has 1 aromatic carbocycles. The zero-order chi connectivity index (χ0) is 10.1. The van der Waals surface area contributed by atoms with Gasteiger partial charge in [0, 0.05) is 5.75 Å². The second-order valence-corrected chi connectivity index (χ2v) is 5.11. The minimum absolute atomic E-state index is 0.0763. The maximum absolute atomic E-state index is 10.5. The largest absolute Gasteiger partial charge is 0.772 e. The van der Waals surface area contributed by atoms with Crippen LogP contribution >= 0.6 is 11.3 Å². The molecule has 14 heavy (non-hydrogen) atoms. The lowest BCUT2D eigenvalue weighted by molar-refractivity contribution is 0.536. The van der Waals surface area contributed by atoms with Crippen molar-refractivity contribution in [3.63, 3.8) is 0 Å². The number of rotatable bonds is 2. The smallest absolute Gasteiger partial charge is 0.0907 e. The number of fused-ring (bicyclic) bond motifs is 1. The maximum Gasteiger partial charge on any atom is 0.0907 e. The number of thiazole rings is 1. The van der Waals surface area contributed by atoms with Crippen LogP contribution in [0.2, 0.25) is 0 Å². The minimum atomic E-state index is -2.02. The van der Waals surface area contributed by atoms with E-state index in [4.69, 9.17) is 0 Å². The highest BCUT2D eigenvalue weighted by molar-refractivity contribution is 7.78. The third-order valence-corrected chi connectivity index (χ3v) is 3.35. The van der Waals surface area contributed by atoms with Crippen LogP contribution in [-0.4, -0.2) is 13.7 Å². The Hall–Kier alpha value is -0.780. The van der Waals surface area contributed by atoms with Crippen LogP contribution in [0.25, 0.3) is 10.2 Å². The van der Waals surface area contributed by atoms with Gasteiger partial charge in [0.15, 0.2) is 0 Å². The van der Waals surface area contributed by atoms with Crippen LogP contribution in [0.3, 0.4) is 0 Å². The van der Waals surface area contributed by atoms with Gasteiger partial charge in [-0.15, -0.1) is 11.3 Å². The molecule has 0 fully saturated rings. The van der Waals surface area contributed by atoms with Gasteiger partial charge in [0.25, 0.3) is 0 Å². The molecule has 0 bridgehead atoms. The highest BCUT2D eigenvalue weighted by Crippen LogP contribution is 2.22. The molecule has 0 amide bonds. The average Bonchev–Trinajstić information content (AvgIpc) is 2.42. The molecule has 1 atom stereocenters. The monoisotopic (exact) mass is 226 g/mol. The van der Waals surface area contributed by atoms with Gasteiger partial charge >= 0.3 is 0 Å². The Labute approximate surface area is 88.1 Å². The van der Waals surface area contributed by atoms with Gasteiger partial charge in [0.2, 0.25) is 0 Å². The summed E-state index contributed by atoms with van der Waals surface area (Å²) < 4.78 is 22.0. The van der Waals surface area contributed by atoms with Crippen molar-refractivity contribution >= 4 is 32.6 Å². The molecule has 2 aromatic rings. The summed E-state index contributed by atoms with van der Waals surface area (Å²) in [7, 11) is 0. The van der Waals surface area contributed by atoms with Gasteiger partial charge < -0.3 is 4.55 Å². The fraction of sp³-hybridized carbons (Fsp3) is 0.222. The Kier molecular flexibility index (Phi) is 2.62. The third-order valence-electron chi connectivity index (χ3n) is 1.84. The first-order valence-corrected chi connectivity index (χ1v) is 6.13. The molecule has 0 radical (unpaired) electrons. The number of aromatic nitrogens is 1. The summed E-state index contributed by atoms with van der Waals surface area (Å²) in [5.74, 6) is 0.0763. The van der Waals surface area contributed by atoms with E-state index in [-0.39, 0.29) is 5.75 Å². The summed E-state index contributed by atoms with van der Waals surface area (Å²) in [6.45, 7) is 1.94. The molecule has 3 nitrogen and oxygen atoms in total. The van der Waals surface area contributed by atoms with Gasteiger partial charge in [-0.2, -0.15) is 0 Å². The Morgan fingerprint density at radius 2 is 2.36 bits per heavy atom. The summed E-state index contributed by atoms with van der Waals surface area (Å²) in [6, 6.07) is 5.55. The van der Waals surface area contributed by atoms with Crippen molar-refractivity contribution in [2.45, 2.75) is 12.7 Å². The molecule has 1 unspecified atom stereocenters. The molecule has 0 saturated carbocycles. The number of benzene rings is 1. The van der Waals surface area contributed by atoms with E-state index in [0.717, 1.165) is 20.8 Å². The van der Waals surface area contributed by atoms with Gasteiger partial charge in [-0.05, 0) is 24.6 Å². The highest BCUT2D eigenvalue weighted by Gasteiger charge is 2.01. The number of hydrogen-bond donors (Lipinski definition) is 0. The molecule has 1 aromatic heterocycles. The lowest BCUT2D eigenvalue weighted by Crippen LogP contribution is -1.92. The van der Waals surface area contributed by atoms with Crippen LogP contribution in [0.5, 0.6) is 0 Å². The van der Waals surface area contributed by atoms with Crippen molar-refractivity contribution in [2.24, 2.45) is 0 Å². The summed E-state index contributed by atoms with van der Waals surface area (Å²) in [5, 5.41) is 1.00. The SMILES string of the molecule is Cc1nc2ccc(CS(=O)[O-])cc2s1. The van der Waals surface area contributed by atoms with E-state index in [1.165, 1.54) is 0 Å². The molecular weight excluding hydrogens is 218 g/mol. The normalized spacial score (nSPS) is 13.3. The zero-order valence-electron chi connectivity index (χ0n) is 7.52. The van der Waals surface area contributed by atoms with Crippen LogP contribution in [0.15, 0.2) is 18.2 Å². The Bertz CT molecular complexity index is 493. The van der Waals surface area contributed by atoms with Gasteiger partial charge in [-0.25, -0.2) is 4.98 Å². The first-order chi connectivity index (χ1) is 6.65. The van der Waals surface area contributed by atoms with Crippen LogP contribution in [0, 0.1) is 6.92 Å². The zero-order valence-corrected chi connectivity index (χ0v) is 9.15. The van der Waals surface area contributed by atoms with E-state index in [2.05, 4.69) is 4.98 Å². The molecule has 0 aliphatic carbocycles. The first-order valence-electron chi connectivity index (χ1n) is 4.07. The van der Waals surface area contributed by atoms with E-state index in [1.807, 2.05) is 19.1 Å². The van der Waals surface area contributed by atoms with E-state index >= 15 is 0 Å². The summed E-state index contributed by atoms with van der Waals surface area (Å²) in [5.41, 5.74) is 1.75. The topological polar surface area (TPSA) is 53.0 Å². The first kappa shape index (κ1) is 9.76. The molecular formula is C9H8NO2S2-. The number of nitrogens with zero attached hydrogens (tertiary/aromatic N) is 1. The predicted molar refractivity (Wildman–Crippen MR) is 57.0 cm³/mol. The Morgan fingerprint density at radius 3 is 3.07 bits per heavy atom. The maximum atomic E-state index is 10.5. The van der Waals surface area contributed by atoms with Crippen molar-refractivity contribution in [1.82, 2.24) is 4.98 Å². The van der Waals surface area contributed by atoms with Crippen molar-refractivity contribution in [2.75, 3.05) is 0 Å². The van der Waals surface area contributed by atoms with Gasteiger partial charge in [-0.1, -0.05) is 17.1 Å². The second kappa shape index (κ2) is 3.76. The Morgan fingerprint density at radius 1 is 1.57 bits per heavy atom. The van der Waals surface area contributed by atoms with Gasteiger partial charge in [-0.3, -0.25) is 4.21 Å². The molecule has 0 aliphatic heterocycles. The average molecular weight is 226 g/mol. The lowest BCUT2D eigenvalue weighted by Gasteiger charge is -2.03. The number of hydrogen-bond acceptors (Lipinski definition) is 4. The molecule has 0 spiro atoms. The number of aryl methyl sites for hydroxylation is 1. The molecule has 5 heteroatoms. The van der Waals surface area contributed by atoms with Gasteiger partial charge in [0.1, 0.15) is 0 Å². The summed E-state index contributed by atoms with van der Waals surface area (Å²) in [4.78, 5) is 4.30. The molecule has 74 valence electrons. The predicted octanol–water partition coefficient (Wildman–Crippen LogP) is 1.98. The Balaban J connectivity index is 2.45. The van der Waals surface area contributed by atoms with Crippen molar-refractivity contribution in [3.8, 4) is 0 Å². The van der Waals surface area contributed by atoms with Gasteiger partial charge in [0.05, 0.1) is 15.2 Å². The van der Waals surface area contributed by atoms with Crippen LogP contribution < -0.4 is 0 Å². The van der Waals surface area contributed by atoms with E-state index in [0.29, 0.717) is 0 Å². The molecule has 1 heterocycles. The fourth-order valence-electron chi connectivity index (χ4n) is 1.31.